The molecular weight excluding hydrogens is 345 g/mol. The Morgan fingerprint density at radius 3 is 2.38 bits per heavy atom. The molecule has 0 unspecified atom stereocenters. The maximum absolute atomic E-state index is 13.4. The number of alkyl halides is 4. The molecule has 0 aliphatic rings. The van der Waals surface area contributed by atoms with Gasteiger partial charge in [0.2, 0.25) is 0 Å². The number of carbonyl (C=O) groups excluding carboxylic acids is 1. The van der Waals surface area contributed by atoms with Crippen molar-refractivity contribution in [2.24, 2.45) is 0 Å². The van der Waals surface area contributed by atoms with Crippen LogP contribution in [-0.4, -0.2) is 33.2 Å². The number of amides is 1. The second-order valence-corrected chi connectivity index (χ2v) is 6.39. The summed E-state index contributed by atoms with van der Waals surface area (Å²) in [5.74, 6) is -7.20. The van der Waals surface area contributed by atoms with Crippen molar-refractivity contribution in [3.63, 3.8) is 0 Å². The van der Waals surface area contributed by atoms with Gasteiger partial charge in [-0.15, -0.1) is 0 Å². The third kappa shape index (κ3) is 4.53. The molecule has 0 fully saturated rings. The van der Waals surface area contributed by atoms with Crippen LogP contribution in [0.25, 0.3) is 0 Å². The molecule has 1 rings (SSSR count). The third-order valence-electron chi connectivity index (χ3n) is 2.27. The van der Waals surface area contributed by atoms with Crippen LogP contribution in [0.4, 0.5) is 22.0 Å². The largest absolute Gasteiger partial charge is 0.346 e. The molecule has 1 aromatic carbocycles. The molecule has 0 spiro atoms. The van der Waals surface area contributed by atoms with E-state index in [-0.39, 0.29) is 0 Å². The normalized spacial score (nSPS) is 12.5. The highest BCUT2D eigenvalue weighted by Gasteiger charge is 2.41. The second-order valence-electron chi connectivity index (χ2n) is 3.82. The molecule has 11 heteroatoms. The molecule has 118 valence electrons. The van der Waals surface area contributed by atoms with E-state index in [1.54, 1.807) is 0 Å². The summed E-state index contributed by atoms with van der Waals surface area (Å²) in [5, 5.41) is 1.39. The van der Waals surface area contributed by atoms with Gasteiger partial charge in [-0.25, -0.2) is 21.6 Å². The summed E-state index contributed by atoms with van der Waals surface area (Å²) in [7, 11) is 0.703. The number of benzene rings is 1. The first-order chi connectivity index (χ1) is 9.45. The van der Waals surface area contributed by atoms with Crippen LogP contribution < -0.4 is 5.32 Å². The van der Waals surface area contributed by atoms with Crippen LogP contribution in [0.15, 0.2) is 23.1 Å². The monoisotopic (exact) mass is 351 g/mol. The predicted molar refractivity (Wildman–Crippen MR) is 62.7 cm³/mol. The number of halogens is 6. The molecule has 0 aromatic heterocycles. The van der Waals surface area contributed by atoms with Crippen LogP contribution in [-0.2, 0) is 9.05 Å². The van der Waals surface area contributed by atoms with E-state index in [1.165, 1.54) is 5.32 Å². The standard InChI is InChI=1S/C10H7ClF5NO3S/c11-21(19,20)5-1-2-7(12)6(3-5)8(18)17-4-10(15,16)9(13)14/h1-3,9H,4H2,(H,17,18). The quantitative estimate of drug-likeness (QED) is 0.654. The molecule has 0 saturated carbocycles. The molecule has 0 bridgehead atoms. The highest BCUT2D eigenvalue weighted by Crippen LogP contribution is 2.22. The predicted octanol–water partition coefficient (Wildman–Crippen LogP) is 2.38. The zero-order valence-corrected chi connectivity index (χ0v) is 11.5. The van der Waals surface area contributed by atoms with Gasteiger partial charge in [-0.2, -0.15) is 8.78 Å². The summed E-state index contributed by atoms with van der Waals surface area (Å²) in [5.41, 5.74) is -0.915. The molecular formula is C10H7ClF5NO3S. The lowest BCUT2D eigenvalue weighted by atomic mass is 10.2. The van der Waals surface area contributed by atoms with Crippen molar-refractivity contribution in [3.05, 3.63) is 29.6 Å². The lowest BCUT2D eigenvalue weighted by Crippen LogP contribution is -2.41. The molecule has 1 aromatic rings. The fourth-order valence-corrected chi connectivity index (χ4v) is 1.98. The van der Waals surface area contributed by atoms with E-state index in [1.807, 2.05) is 0 Å². The van der Waals surface area contributed by atoms with Gasteiger partial charge in [0.25, 0.3) is 15.0 Å². The Hall–Kier alpha value is -1.42. The summed E-state index contributed by atoms with van der Waals surface area (Å²) >= 11 is 0. The molecule has 21 heavy (non-hydrogen) atoms. The van der Waals surface area contributed by atoms with Crippen LogP contribution in [0.5, 0.6) is 0 Å². The number of hydrogen-bond donors (Lipinski definition) is 1. The molecule has 0 heterocycles. The number of nitrogens with one attached hydrogen (secondary N) is 1. The zero-order chi connectivity index (χ0) is 16.4. The third-order valence-corrected chi connectivity index (χ3v) is 3.62. The van der Waals surface area contributed by atoms with Crippen molar-refractivity contribution < 1.29 is 35.2 Å². The Balaban J connectivity index is 2.98. The van der Waals surface area contributed by atoms with Gasteiger partial charge < -0.3 is 5.32 Å². The minimum Gasteiger partial charge on any atom is -0.346 e. The number of hydrogen-bond acceptors (Lipinski definition) is 3. The molecule has 0 aliphatic carbocycles. The number of carbonyl (C=O) groups is 1. The molecule has 1 N–H and O–H groups in total. The average molecular weight is 352 g/mol. The number of rotatable bonds is 5. The van der Waals surface area contributed by atoms with Crippen LogP contribution in [0.3, 0.4) is 0 Å². The smallest absolute Gasteiger partial charge is 0.324 e. The van der Waals surface area contributed by atoms with Gasteiger partial charge in [-0.05, 0) is 18.2 Å². The van der Waals surface area contributed by atoms with Gasteiger partial charge in [0.05, 0.1) is 17.0 Å². The summed E-state index contributed by atoms with van der Waals surface area (Å²) in [6.07, 6.45) is -4.02. The van der Waals surface area contributed by atoms with Crippen molar-refractivity contribution in [2.45, 2.75) is 17.2 Å². The molecule has 0 aliphatic heterocycles. The first-order valence-corrected chi connectivity index (χ1v) is 7.44. The zero-order valence-electron chi connectivity index (χ0n) is 9.92. The van der Waals surface area contributed by atoms with Gasteiger partial charge >= 0.3 is 12.3 Å². The Morgan fingerprint density at radius 1 is 1.33 bits per heavy atom. The van der Waals surface area contributed by atoms with Gasteiger partial charge in [-0.3, -0.25) is 4.79 Å². The first kappa shape index (κ1) is 17.6. The highest BCUT2D eigenvalue weighted by molar-refractivity contribution is 8.13. The lowest BCUT2D eigenvalue weighted by Gasteiger charge is -2.16. The van der Waals surface area contributed by atoms with E-state index in [2.05, 4.69) is 0 Å². The van der Waals surface area contributed by atoms with Crippen LogP contribution in [0.1, 0.15) is 10.4 Å². The van der Waals surface area contributed by atoms with E-state index >= 15 is 0 Å². The molecule has 1 amide bonds. The lowest BCUT2D eigenvalue weighted by molar-refractivity contribution is -0.123. The van der Waals surface area contributed by atoms with Crippen LogP contribution in [0, 0.1) is 5.82 Å². The van der Waals surface area contributed by atoms with Crippen molar-refractivity contribution in [2.75, 3.05) is 6.54 Å². The average Bonchev–Trinajstić information content (AvgIpc) is 2.35. The minimum absolute atomic E-state index is 0.507. The van der Waals surface area contributed by atoms with E-state index in [0.717, 1.165) is 6.07 Å². The van der Waals surface area contributed by atoms with E-state index in [0.29, 0.717) is 12.1 Å². The maximum Gasteiger partial charge on any atom is 0.324 e. The maximum atomic E-state index is 13.4. The fraction of sp³-hybridized carbons (Fsp3) is 0.300. The van der Waals surface area contributed by atoms with Crippen molar-refractivity contribution in [1.82, 2.24) is 5.32 Å². The van der Waals surface area contributed by atoms with Crippen molar-refractivity contribution >= 4 is 25.6 Å². The van der Waals surface area contributed by atoms with Crippen molar-refractivity contribution in [3.8, 4) is 0 Å². The topological polar surface area (TPSA) is 63.2 Å². The van der Waals surface area contributed by atoms with Crippen molar-refractivity contribution in [1.29, 1.82) is 0 Å². The Labute approximate surface area is 120 Å². The molecule has 0 atom stereocenters. The second kappa shape index (κ2) is 6.14. The fourth-order valence-electron chi connectivity index (χ4n) is 1.20. The van der Waals surface area contributed by atoms with E-state index < -0.39 is 50.1 Å². The van der Waals surface area contributed by atoms with Gasteiger partial charge in [0, 0.05) is 10.7 Å². The van der Waals surface area contributed by atoms with Gasteiger partial charge in [0.15, 0.2) is 0 Å². The van der Waals surface area contributed by atoms with Crippen LogP contribution >= 0.6 is 10.7 Å². The Kier molecular flexibility index (Phi) is 5.16. The molecule has 4 nitrogen and oxygen atoms in total. The first-order valence-electron chi connectivity index (χ1n) is 5.13. The minimum atomic E-state index is -4.50. The molecule has 0 radical (unpaired) electrons. The van der Waals surface area contributed by atoms with Gasteiger partial charge in [0.1, 0.15) is 5.82 Å². The SMILES string of the molecule is O=C(NCC(F)(F)C(F)F)c1cc(S(=O)(=O)Cl)ccc1F. The summed E-state index contributed by atoms with van der Waals surface area (Å²) in [6.45, 7) is -1.74. The van der Waals surface area contributed by atoms with Crippen LogP contribution in [0.2, 0.25) is 0 Å². The molecule has 0 saturated heterocycles. The van der Waals surface area contributed by atoms with Gasteiger partial charge in [-0.1, -0.05) is 0 Å². The Morgan fingerprint density at radius 2 is 1.90 bits per heavy atom. The van der Waals surface area contributed by atoms with E-state index in [4.69, 9.17) is 10.7 Å². The summed E-state index contributed by atoms with van der Waals surface area (Å²) in [4.78, 5) is 10.8. The van der Waals surface area contributed by atoms with E-state index in [9.17, 15) is 35.2 Å². The Bertz CT molecular complexity index is 650. The highest BCUT2D eigenvalue weighted by atomic mass is 35.7. The summed E-state index contributed by atoms with van der Waals surface area (Å²) < 4.78 is 84.4. The summed E-state index contributed by atoms with van der Waals surface area (Å²) in [6, 6.07) is 1.84.